The lowest BCUT2D eigenvalue weighted by Crippen LogP contribution is -2.13. The van der Waals surface area contributed by atoms with Crippen molar-refractivity contribution < 1.29 is 18.7 Å². The summed E-state index contributed by atoms with van der Waals surface area (Å²) in [6, 6.07) is 15.4. The first-order chi connectivity index (χ1) is 17.5. The molecular weight excluding hydrogens is 477 g/mol. The lowest BCUT2D eigenvalue weighted by Gasteiger charge is -2.13. The quantitative estimate of drug-likeness (QED) is 0.295. The van der Waals surface area contributed by atoms with Crippen LogP contribution in [0.1, 0.15) is 46.9 Å². The number of hydrogen-bond donors (Lipinski definition) is 1. The van der Waals surface area contributed by atoms with Gasteiger partial charge >= 0.3 is 0 Å². The van der Waals surface area contributed by atoms with E-state index in [0.717, 1.165) is 36.1 Å². The molecule has 8 heteroatoms. The van der Waals surface area contributed by atoms with Gasteiger partial charge in [-0.1, -0.05) is 18.2 Å². The first-order valence-electron chi connectivity index (χ1n) is 11.6. The van der Waals surface area contributed by atoms with Crippen molar-refractivity contribution in [2.24, 2.45) is 0 Å². The first kappa shape index (κ1) is 25.0. The Morgan fingerprint density at radius 3 is 2.72 bits per heavy atom. The molecule has 1 aliphatic carbocycles. The number of amides is 1. The van der Waals surface area contributed by atoms with E-state index in [1.165, 1.54) is 29.5 Å². The number of benzene rings is 2. The Labute approximate surface area is 213 Å². The van der Waals surface area contributed by atoms with Crippen molar-refractivity contribution in [2.75, 3.05) is 11.9 Å². The van der Waals surface area contributed by atoms with Crippen molar-refractivity contribution in [3.63, 3.8) is 0 Å². The number of rotatable bonds is 8. The minimum absolute atomic E-state index is 0.0962. The number of fused-ring (bicyclic) bond motifs is 1. The molecule has 1 aromatic heterocycles. The SMILES string of the molecule is CCOc1cc(/C=C(\C#N)C(=O)Nc2sc3c(c2C#N)CCCC3)ccc1OCc1cccc(F)c1. The van der Waals surface area contributed by atoms with Crippen molar-refractivity contribution >= 4 is 28.3 Å². The summed E-state index contributed by atoms with van der Waals surface area (Å²) in [6.07, 6.45) is 5.30. The number of nitriles is 2. The Kier molecular flexibility index (Phi) is 7.99. The van der Waals surface area contributed by atoms with Gasteiger partial charge in [0.1, 0.15) is 35.1 Å². The van der Waals surface area contributed by atoms with Gasteiger partial charge in [-0.05, 0) is 79.6 Å². The van der Waals surface area contributed by atoms with Crippen LogP contribution in [0.25, 0.3) is 6.08 Å². The van der Waals surface area contributed by atoms with E-state index in [1.54, 1.807) is 30.3 Å². The lowest BCUT2D eigenvalue weighted by atomic mass is 9.96. The zero-order valence-corrected chi connectivity index (χ0v) is 20.6. The third-order valence-corrected chi connectivity index (χ3v) is 6.94. The number of thiophene rings is 1. The van der Waals surface area contributed by atoms with Crippen LogP contribution in [0.4, 0.5) is 9.39 Å². The van der Waals surface area contributed by atoms with Crippen LogP contribution in [0.5, 0.6) is 11.5 Å². The van der Waals surface area contributed by atoms with Gasteiger partial charge in [-0.2, -0.15) is 10.5 Å². The number of carbonyl (C=O) groups is 1. The topological polar surface area (TPSA) is 95.1 Å². The fourth-order valence-corrected chi connectivity index (χ4v) is 5.28. The number of hydrogen-bond acceptors (Lipinski definition) is 6. The van der Waals surface area contributed by atoms with Crippen LogP contribution in [0, 0.1) is 28.5 Å². The van der Waals surface area contributed by atoms with Crippen LogP contribution in [0.2, 0.25) is 0 Å². The molecule has 182 valence electrons. The van der Waals surface area contributed by atoms with E-state index in [4.69, 9.17) is 9.47 Å². The van der Waals surface area contributed by atoms with Crippen molar-refractivity contribution in [2.45, 2.75) is 39.2 Å². The molecule has 0 fully saturated rings. The van der Waals surface area contributed by atoms with Gasteiger partial charge in [-0.15, -0.1) is 11.3 Å². The van der Waals surface area contributed by atoms with Crippen LogP contribution in [-0.4, -0.2) is 12.5 Å². The largest absolute Gasteiger partial charge is 0.490 e. The molecule has 0 spiro atoms. The van der Waals surface area contributed by atoms with Crippen molar-refractivity contribution in [1.29, 1.82) is 10.5 Å². The number of anilines is 1. The van der Waals surface area contributed by atoms with Gasteiger partial charge < -0.3 is 14.8 Å². The maximum atomic E-state index is 13.4. The third kappa shape index (κ3) is 5.73. The fourth-order valence-electron chi connectivity index (χ4n) is 4.05. The maximum absolute atomic E-state index is 13.4. The van der Waals surface area contributed by atoms with Gasteiger partial charge in [0.15, 0.2) is 11.5 Å². The van der Waals surface area contributed by atoms with Crippen molar-refractivity contribution in [1.82, 2.24) is 0 Å². The monoisotopic (exact) mass is 501 g/mol. The molecular formula is C28H24FN3O3S. The summed E-state index contributed by atoms with van der Waals surface area (Å²) < 4.78 is 25.0. The predicted molar refractivity (Wildman–Crippen MR) is 136 cm³/mol. The molecule has 0 bridgehead atoms. The fraction of sp³-hybridized carbons (Fsp3) is 0.250. The Bertz CT molecular complexity index is 1400. The molecule has 0 unspecified atom stereocenters. The highest BCUT2D eigenvalue weighted by atomic mass is 32.1. The van der Waals surface area contributed by atoms with E-state index < -0.39 is 5.91 Å². The van der Waals surface area contributed by atoms with E-state index in [1.807, 2.05) is 13.0 Å². The summed E-state index contributed by atoms with van der Waals surface area (Å²) in [4.78, 5) is 14.0. The van der Waals surface area contributed by atoms with Gasteiger partial charge in [0.25, 0.3) is 5.91 Å². The summed E-state index contributed by atoms with van der Waals surface area (Å²) in [6.45, 7) is 2.38. The molecule has 0 radical (unpaired) electrons. The highest BCUT2D eigenvalue weighted by Gasteiger charge is 2.22. The molecule has 0 aliphatic heterocycles. The van der Waals surface area contributed by atoms with Gasteiger partial charge in [-0.3, -0.25) is 4.79 Å². The molecule has 1 N–H and O–H groups in total. The minimum Gasteiger partial charge on any atom is -0.490 e. The number of nitrogens with zero attached hydrogens (tertiary/aromatic N) is 2. The second kappa shape index (κ2) is 11.5. The zero-order chi connectivity index (χ0) is 25.5. The molecule has 0 atom stereocenters. The molecule has 4 rings (SSSR count). The molecule has 6 nitrogen and oxygen atoms in total. The highest BCUT2D eigenvalue weighted by Crippen LogP contribution is 2.38. The second-order valence-electron chi connectivity index (χ2n) is 8.21. The van der Waals surface area contributed by atoms with E-state index in [-0.39, 0.29) is 18.0 Å². The Morgan fingerprint density at radius 2 is 1.97 bits per heavy atom. The van der Waals surface area contributed by atoms with E-state index in [2.05, 4.69) is 11.4 Å². The molecule has 2 aromatic carbocycles. The molecule has 0 saturated heterocycles. The molecule has 0 saturated carbocycles. The van der Waals surface area contributed by atoms with Gasteiger partial charge in [-0.25, -0.2) is 4.39 Å². The molecule has 36 heavy (non-hydrogen) atoms. The number of ether oxygens (including phenoxy) is 2. The van der Waals surface area contributed by atoms with Gasteiger partial charge in [0, 0.05) is 4.88 Å². The molecule has 3 aromatic rings. The predicted octanol–water partition coefficient (Wildman–Crippen LogP) is 6.16. The van der Waals surface area contributed by atoms with Crippen LogP contribution in [-0.2, 0) is 24.2 Å². The van der Waals surface area contributed by atoms with E-state index >= 15 is 0 Å². The standard InChI is InChI=1S/C28H24FN3O3S/c1-2-34-25-14-18(10-11-24(25)35-17-19-6-5-7-21(29)13-19)12-20(15-30)27(33)32-28-23(16-31)22-8-3-4-9-26(22)36-28/h5-7,10-14H,2-4,8-9,17H2,1H3,(H,32,33)/b20-12+. The normalized spacial score (nSPS) is 12.7. The summed E-state index contributed by atoms with van der Waals surface area (Å²) in [7, 11) is 0. The first-order valence-corrected chi connectivity index (χ1v) is 12.5. The minimum atomic E-state index is -0.572. The number of nitrogens with one attached hydrogen (secondary N) is 1. The van der Waals surface area contributed by atoms with Crippen LogP contribution < -0.4 is 14.8 Å². The molecule has 1 heterocycles. The highest BCUT2D eigenvalue weighted by molar-refractivity contribution is 7.16. The smallest absolute Gasteiger partial charge is 0.266 e. The Morgan fingerprint density at radius 1 is 1.14 bits per heavy atom. The average Bonchev–Trinajstić information content (AvgIpc) is 3.23. The third-order valence-electron chi connectivity index (χ3n) is 5.74. The summed E-state index contributed by atoms with van der Waals surface area (Å²) in [5.74, 6) is -0.00683. The van der Waals surface area contributed by atoms with Gasteiger partial charge in [0.05, 0.1) is 12.2 Å². The zero-order valence-electron chi connectivity index (χ0n) is 19.8. The average molecular weight is 502 g/mol. The van der Waals surface area contributed by atoms with E-state index in [9.17, 15) is 19.7 Å². The van der Waals surface area contributed by atoms with E-state index in [0.29, 0.717) is 39.8 Å². The van der Waals surface area contributed by atoms with Crippen molar-refractivity contribution in [3.8, 4) is 23.6 Å². The number of halogens is 1. The lowest BCUT2D eigenvalue weighted by molar-refractivity contribution is -0.112. The number of carbonyl (C=O) groups excluding carboxylic acids is 1. The Balaban J connectivity index is 1.53. The van der Waals surface area contributed by atoms with Crippen molar-refractivity contribution in [3.05, 3.63) is 81.0 Å². The Hall–Kier alpha value is -4.14. The molecule has 1 amide bonds. The summed E-state index contributed by atoms with van der Waals surface area (Å²) in [5.41, 5.74) is 2.67. The van der Waals surface area contributed by atoms with Gasteiger partial charge in [0.2, 0.25) is 0 Å². The number of aryl methyl sites for hydroxylation is 1. The van der Waals surface area contributed by atoms with Crippen LogP contribution >= 0.6 is 11.3 Å². The van der Waals surface area contributed by atoms with Crippen LogP contribution in [0.15, 0.2) is 48.0 Å². The summed E-state index contributed by atoms with van der Waals surface area (Å²) in [5, 5.41) is 22.5. The second-order valence-corrected chi connectivity index (χ2v) is 9.31. The maximum Gasteiger partial charge on any atom is 0.266 e. The van der Waals surface area contributed by atoms with Crippen LogP contribution in [0.3, 0.4) is 0 Å². The summed E-state index contributed by atoms with van der Waals surface area (Å²) >= 11 is 1.41. The molecule has 1 aliphatic rings.